The van der Waals surface area contributed by atoms with Gasteiger partial charge in [0.15, 0.2) is 0 Å². The molecule has 0 bridgehead atoms. The SMILES string of the molecule is O=C(Oc1coc(COc2ccc(Cl)cc2Cl)cc1=O)c1ccccc1. The first-order valence-electron chi connectivity index (χ1n) is 7.50. The summed E-state index contributed by atoms with van der Waals surface area (Å²) in [7, 11) is 0. The molecule has 0 saturated heterocycles. The van der Waals surface area contributed by atoms with E-state index in [1.54, 1.807) is 48.5 Å². The molecular weight excluding hydrogens is 379 g/mol. The standard InChI is InChI=1S/C19H12Cl2O5/c20-13-6-7-17(15(21)8-13)25-10-14-9-16(22)18(11-24-14)26-19(23)12-4-2-1-3-5-12/h1-9,11H,10H2. The highest BCUT2D eigenvalue weighted by Crippen LogP contribution is 2.28. The number of halogens is 2. The number of hydrogen-bond donors (Lipinski definition) is 0. The predicted octanol–water partition coefficient (Wildman–Crippen LogP) is 4.74. The first-order chi connectivity index (χ1) is 12.5. The van der Waals surface area contributed by atoms with Crippen molar-refractivity contribution in [3.8, 4) is 11.5 Å². The van der Waals surface area contributed by atoms with Crippen LogP contribution in [0.15, 0.2) is 70.1 Å². The molecule has 1 heterocycles. The van der Waals surface area contributed by atoms with Gasteiger partial charge in [0, 0.05) is 11.1 Å². The molecule has 0 spiro atoms. The summed E-state index contributed by atoms with van der Waals surface area (Å²) in [5, 5.41) is 0.826. The van der Waals surface area contributed by atoms with E-state index in [2.05, 4.69) is 0 Å². The van der Waals surface area contributed by atoms with Gasteiger partial charge in [0.05, 0.1) is 10.6 Å². The zero-order chi connectivity index (χ0) is 18.5. The summed E-state index contributed by atoms with van der Waals surface area (Å²) in [5.74, 6) is -0.194. The zero-order valence-electron chi connectivity index (χ0n) is 13.3. The van der Waals surface area contributed by atoms with Gasteiger partial charge in [-0.1, -0.05) is 41.4 Å². The van der Waals surface area contributed by atoms with E-state index in [1.807, 2.05) is 0 Å². The third kappa shape index (κ3) is 4.45. The Morgan fingerprint density at radius 1 is 1.00 bits per heavy atom. The second-order valence-electron chi connectivity index (χ2n) is 5.19. The maximum Gasteiger partial charge on any atom is 0.343 e. The third-order valence-electron chi connectivity index (χ3n) is 3.33. The molecule has 1 aromatic heterocycles. The van der Waals surface area contributed by atoms with E-state index in [4.69, 9.17) is 37.1 Å². The van der Waals surface area contributed by atoms with Gasteiger partial charge in [-0.05, 0) is 30.3 Å². The molecule has 0 unspecified atom stereocenters. The molecule has 0 aliphatic rings. The fraction of sp³-hybridized carbons (Fsp3) is 0.0526. The summed E-state index contributed by atoms with van der Waals surface area (Å²) in [5.41, 5.74) is -0.168. The van der Waals surface area contributed by atoms with E-state index in [0.29, 0.717) is 21.4 Å². The van der Waals surface area contributed by atoms with Gasteiger partial charge in [-0.25, -0.2) is 4.79 Å². The van der Waals surface area contributed by atoms with E-state index in [9.17, 15) is 9.59 Å². The Morgan fingerprint density at radius 3 is 2.46 bits per heavy atom. The first-order valence-corrected chi connectivity index (χ1v) is 8.25. The second-order valence-corrected chi connectivity index (χ2v) is 6.04. The van der Waals surface area contributed by atoms with Gasteiger partial charge in [0.1, 0.15) is 24.4 Å². The topological polar surface area (TPSA) is 65.7 Å². The normalized spacial score (nSPS) is 10.4. The summed E-state index contributed by atoms with van der Waals surface area (Å²) >= 11 is 11.8. The average Bonchev–Trinajstić information content (AvgIpc) is 2.63. The minimum absolute atomic E-state index is 0.0243. The van der Waals surface area contributed by atoms with Crippen LogP contribution >= 0.6 is 23.2 Å². The van der Waals surface area contributed by atoms with Crippen LogP contribution in [0.3, 0.4) is 0 Å². The van der Waals surface area contributed by atoms with Gasteiger partial charge in [0.2, 0.25) is 11.2 Å². The van der Waals surface area contributed by atoms with E-state index in [0.717, 1.165) is 6.26 Å². The molecule has 26 heavy (non-hydrogen) atoms. The lowest BCUT2D eigenvalue weighted by molar-refractivity contribution is 0.0728. The fourth-order valence-corrected chi connectivity index (χ4v) is 2.53. The summed E-state index contributed by atoms with van der Waals surface area (Å²) in [6.07, 6.45) is 1.07. The van der Waals surface area contributed by atoms with Crippen LogP contribution in [-0.4, -0.2) is 5.97 Å². The van der Waals surface area contributed by atoms with Gasteiger partial charge in [-0.2, -0.15) is 0 Å². The molecule has 0 atom stereocenters. The van der Waals surface area contributed by atoms with Gasteiger partial charge in [-0.3, -0.25) is 4.79 Å². The predicted molar refractivity (Wildman–Crippen MR) is 97.2 cm³/mol. The molecule has 132 valence electrons. The molecule has 5 nitrogen and oxygen atoms in total. The quantitative estimate of drug-likeness (QED) is 0.588. The molecule has 0 aliphatic heterocycles. The highest BCUT2D eigenvalue weighted by molar-refractivity contribution is 6.35. The van der Waals surface area contributed by atoms with Crippen LogP contribution in [0, 0.1) is 0 Å². The number of benzene rings is 2. The van der Waals surface area contributed by atoms with E-state index >= 15 is 0 Å². The minimum Gasteiger partial charge on any atom is -0.484 e. The van der Waals surface area contributed by atoms with Crippen molar-refractivity contribution in [1.29, 1.82) is 0 Å². The van der Waals surface area contributed by atoms with Crippen molar-refractivity contribution in [1.82, 2.24) is 0 Å². The van der Waals surface area contributed by atoms with Crippen LogP contribution in [0.2, 0.25) is 10.0 Å². The Balaban J connectivity index is 1.67. The largest absolute Gasteiger partial charge is 0.484 e. The highest BCUT2D eigenvalue weighted by Gasteiger charge is 2.12. The molecule has 0 amide bonds. The van der Waals surface area contributed by atoms with Gasteiger partial charge < -0.3 is 13.9 Å². The lowest BCUT2D eigenvalue weighted by Gasteiger charge is -2.08. The van der Waals surface area contributed by atoms with Gasteiger partial charge >= 0.3 is 5.97 Å². The van der Waals surface area contributed by atoms with Crippen LogP contribution < -0.4 is 14.9 Å². The van der Waals surface area contributed by atoms with Crippen LogP contribution in [0.5, 0.6) is 11.5 Å². The molecule has 2 aromatic carbocycles. The molecule has 3 aromatic rings. The minimum atomic E-state index is -0.644. The monoisotopic (exact) mass is 390 g/mol. The maximum atomic E-state index is 12.1. The Bertz CT molecular complexity index is 983. The lowest BCUT2D eigenvalue weighted by Crippen LogP contribution is -2.15. The van der Waals surface area contributed by atoms with E-state index < -0.39 is 11.4 Å². The Hall–Kier alpha value is -2.76. The molecule has 0 aliphatic carbocycles. The summed E-state index contributed by atoms with van der Waals surface area (Å²) in [6.45, 7) is -0.0243. The molecule has 0 radical (unpaired) electrons. The number of esters is 1. The Morgan fingerprint density at radius 2 is 1.77 bits per heavy atom. The third-order valence-corrected chi connectivity index (χ3v) is 3.86. The first kappa shape index (κ1) is 18.0. The second kappa shape index (κ2) is 8.08. The van der Waals surface area contributed by atoms with Crippen molar-refractivity contribution in [2.24, 2.45) is 0 Å². The van der Waals surface area contributed by atoms with Crippen molar-refractivity contribution in [3.05, 3.63) is 92.5 Å². The molecule has 7 heteroatoms. The van der Waals surface area contributed by atoms with Crippen LogP contribution in [-0.2, 0) is 6.61 Å². The number of carbonyl (C=O) groups is 1. The molecule has 0 saturated carbocycles. The van der Waals surface area contributed by atoms with Crippen LogP contribution in [0.25, 0.3) is 0 Å². The van der Waals surface area contributed by atoms with Crippen LogP contribution in [0.4, 0.5) is 0 Å². The summed E-state index contributed by atoms with van der Waals surface area (Å²) in [6, 6.07) is 14.3. The molecule has 0 N–H and O–H groups in total. The molecular formula is C19H12Cl2O5. The Labute approximate surface area is 158 Å². The summed E-state index contributed by atoms with van der Waals surface area (Å²) in [4.78, 5) is 24.1. The summed E-state index contributed by atoms with van der Waals surface area (Å²) < 4.78 is 15.8. The molecule has 0 fully saturated rings. The lowest BCUT2D eigenvalue weighted by atomic mass is 10.2. The maximum absolute atomic E-state index is 12.1. The van der Waals surface area contributed by atoms with Crippen LogP contribution in [0.1, 0.15) is 16.1 Å². The smallest absolute Gasteiger partial charge is 0.343 e. The van der Waals surface area contributed by atoms with Crippen molar-refractivity contribution >= 4 is 29.2 Å². The van der Waals surface area contributed by atoms with Gasteiger partial charge in [-0.15, -0.1) is 0 Å². The van der Waals surface area contributed by atoms with Crippen molar-refractivity contribution in [3.63, 3.8) is 0 Å². The number of hydrogen-bond acceptors (Lipinski definition) is 5. The highest BCUT2D eigenvalue weighted by atomic mass is 35.5. The van der Waals surface area contributed by atoms with Crippen molar-refractivity contribution in [2.75, 3.05) is 0 Å². The Kier molecular flexibility index (Phi) is 5.61. The number of carbonyl (C=O) groups excluding carboxylic acids is 1. The molecule has 3 rings (SSSR count). The van der Waals surface area contributed by atoms with E-state index in [1.165, 1.54) is 6.07 Å². The number of ether oxygens (including phenoxy) is 2. The van der Waals surface area contributed by atoms with E-state index in [-0.39, 0.29) is 18.1 Å². The fourth-order valence-electron chi connectivity index (χ4n) is 2.06. The average molecular weight is 391 g/mol. The zero-order valence-corrected chi connectivity index (χ0v) is 14.8. The van der Waals surface area contributed by atoms with Crippen molar-refractivity contribution < 1.29 is 18.7 Å². The van der Waals surface area contributed by atoms with Crippen molar-refractivity contribution in [2.45, 2.75) is 6.61 Å². The number of rotatable bonds is 5. The van der Waals surface area contributed by atoms with Gasteiger partial charge in [0.25, 0.3) is 0 Å².